The minimum atomic E-state index is 0.0641. The fraction of sp³-hybridized carbons (Fsp3) is 0.538. The van der Waals surface area contributed by atoms with Gasteiger partial charge in [0, 0.05) is 24.9 Å². The molecule has 1 aliphatic rings. The number of aromatic nitrogens is 1. The average Bonchev–Trinajstić information content (AvgIpc) is 2.40. The van der Waals surface area contributed by atoms with Crippen molar-refractivity contribution in [1.29, 1.82) is 0 Å². The van der Waals surface area contributed by atoms with Crippen LogP contribution in [0.15, 0.2) is 22.9 Å². The van der Waals surface area contributed by atoms with Crippen LogP contribution in [0.1, 0.15) is 32.1 Å². The van der Waals surface area contributed by atoms with Gasteiger partial charge in [-0.25, -0.2) is 0 Å². The van der Waals surface area contributed by atoms with E-state index in [0.717, 1.165) is 23.1 Å². The van der Waals surface area contributed by atoms with E-state index in [1.807, 2.05) is 0 Å². The summed E-state index contributed by atoms with van der Waals surface area (Å²) < 4.78 is 0.814. The summed E-state index contributed by atoms with van der Waals surface area (Å²) in [6.45, 7) is 1.09. The molecule has 1 amide bonds. The third-order valence-electron chi connectivity index (χ3n) is 3.18. The number of piperidine rings is 1. The van der Waals surface area contributed by atoms with Crippen molar-refractivity contribution in [2.24, 2.45) is 0 Å². The number of nitrogens with zero attached hydrogens (tertiary/aromatic N) is 1. The summed E-state index contributed by atoms with van der Waals surface area (Å²) in [6.07, 6.45) is 8.54. The molecule has 0 saturated carbocycles. The smallest absolute Gasteiger partial charge is 0.224 e. The number of carbonyl (C=O) groups is 1. The van der Waals surface area contributed by atoms with Gasteiger partial charge in [-0.15, -0.1) is 0 Å². The van der Waals surface area contributed by atoms with Crippen molar-refractivity contribution in [2.45, 2.75) is 38.1 Å². The lowest BCUT2D eigenvalue weighted by Gasteiger charge is -2.23. The van der Waals surface area contributed by atoms with Crippen LogP contribution in [-0.2, 0) is 4.79 Å². The molecule has 2 heterocycles. The van der Waals surface area contributed by atoms with Crippen LogP contribution in [0.25, 0.3) is 0 Å². The maximum absolute atomic E-state index is 11.8. The Hall–Kier alpha value is -0.940. The van der Waals surface area contributed by atoms with Gasteiger partial charge in [-0.2, -0.15) is 0 Å². The van der Waals surface area contributed by atoms with Crippen molar-refractivity contribution >= 4 is 27.5 Å². The Balaban J connectivity index is 1.76. The zero-order valence-corrected chi connectivity index (χ0v) is 11.9. The topological polar surface area (TPSA) is 54.0 Å². The van der Waals surface area contributed by atoms with Gasteiger partial charge in [-0.1, -0.05) is 6.42 Å². The highest BCUT2D eigenvalue weighted by molar-refractivity contribution is 9.10. The van der Waals surface area contributed by atoms with Crippen molar-refractivity contribution < 1.29 is 4.79 Å². The summed E-state index contributed by atoms with van der Waals surface area (Å²) in [5.74, 6) is 0.0641. The van der Waals surface area contributed by atoms with E-state index < -0.39 is 0 Å². The first-order chi connectivity index (χ1) is 8.75. The van der Waals surface area contributed by atoms with Crippen LogP contribution in [-0.4, -0.2) is 23.5 Å². The third-order valence-corrected chi connectivity index (χ3v) is 3.81. The Morgan fingerprint density at radius 1 is 1.56 bits per heavy atom. The second-order valence-electron chi connectivity index (χ2n) is 4.59. The van der Waals surface area contributed by atoms with Gasteiger partial charge in [0.25, 0.3) is 0 Å². The molecule has 2 N–H and O–H groups in total. The molecule has 1 saturated heterocycles. The molecular weight excluding hydrogens is 294 g/mol. The Bertz CT molecular complexity index is 405. The highest BCUT2D eigenvalue weighted by Gasteiger charge is 2.14. The zero-order chi connectivity index (χ0) is 12.8. The standard InChI is InChI=1S/C13H18BrN3O/c14-11-9-15-8-6-12(11)17-13(18)5-4-10-3-1-2-7-16-10/h6,8-10,16H,1-5,7H2,(H,15,17,18). The predicted octanol–water partition coefficient (Wildman–Crippen LogP) is 2.70. The molecule has 5 heteroatoms. The van der Waals surface area contributed by atoms with Gasteiger partial charge >= 0.3 is 0 Å². The van der Waals surface area contributed by atoms with Gasteiger partial charge in [-0.05, 0) is 47.8 Å². The number of carbonyl (C=O) groups excluding carboxylic acids is 1. The van der Waals surface area contributed by atoms with Crippen molar-refractivity contribution in [3.63, 3.8) is 0 Å². The molecule has 18 heavy (non-hydrogen) atoms. The first-order valence-corrected chi connectivity index (χ1v) is 7.18. The first-order valence-electron chi connectivity index (χ1n) is 6.38. The van der Waals surface area contributed by atoms with Crippen LogP contribution in [0.4, 0.5) is 5.69 Å². The molecule has 1 aliphatic heterocycles. The van der Waals surface area contributed by atoms with Gasteiger partial charge in [-0.3, -0.25) is 9.78 Å². The van der Waals surface area contributed by atoms with E-state index in [2.05, 4.69) is 31.5 Å². The van der Waals surface area contributed by atoms with Crippen LogP contribution in [0.5, 0.6) is 0 Å². The lowest BCUT2D eigenvalue weighted by Crippen LogP contribution is -2.34. The first kappa shape index (κ1) is 13.5. The summed E-state index contributed by atoms with van der Waals surface area (Å²) in [5, 5.41) is 6.35. The highest BCUT2D eigenvalue weighted by Crippen LogP contribution is 2.20. The summed E-state index contributed by atoms with van der Waals surface area (Å²) in [6, 6.07) is 2.30. The van der Waals surface area contributed by atoms with Gasteiger partial charge in [0.15, 0.2) is 0 Å². The number of amides is 1. The molecule has 0 aliphatic carbocycles. The molecule has 4 nitrogen and oxygen atoms in total. The second kappa shape index (κ2) is 6.85. The Morgan fingerprint density at radius 2 is 2.44 bits per heavy atom. The van der Waals surface area contributed by atoms with Crippen molar-refractivity contribution in [3.8, 4) is 0 Å². The van der Waals surface area contributed by atoms with Crippen LogP contribution < -0.4 is 10.6 Å². The van der Waals surface area contributed by atoms with E-state index in [-0.39, 0.29) is 5.91 Å². The molecule has 1 aromatic heterocycles. The number of hydrogen-bond donors (Lipinski definition) is 2. The van der Waals surface area contributed by atoms with Gasteiger partial charge in [0.2, 0.25) is 5.91 Å². The fourth-order valence-corrected chi connectivity index (χ4v) is 2.51. The van der Waals surface area contributed by atoms with Gasteiger partial charge in [0.1, 0.15) is 0 Å². The fourth-order valence-electron chi connectivity index (χ4n) is 2.16. The van der Waals surface area contributed by atoms with Crippen molar-refractivity contribution in [1.82, 2.24) is 10.3 Å². The third kappa shape index (κ3) is 4.07. The monoisotopic (exact) mass is 311 g/mol. The summed E-state index contributed by atoms with van der Waals surface area (Å²) in [7, 11) is 0. The maximum Gasteiger partial charge on any atom is 0.224 e. The quantitative estimate of drug-likeness (QED) is 0.899. The molecule has 0 radical (unpaired) electrons. The van der Waals surface area contributed by atoms with Crippen molar-refractivity contribution in [2.75, 3.05) is 11.9 Å². The van der Waals surface area contributed by atoms with Crippen LogP contribution in [0, 0.1) is 0 Å². The minimum Gasteiger partial charge on any atom is -0.325 e. The predicted molar refractivity (Wildman–Crippen MR) is 75.4 cm³/mol. The lowest BCUT2D eigenvalue weighted by molar-refractivity contribution is -0.116. The Kier molecular flexibility index (Phi) is 5.13. The average molecular weight is 312 g/mol. The van der Waals surface area contributed by atoms with Crippen LogP contribution >= 0.6 is 15.9 Å². The molecule has 0 aromatic carbocycles. The van der Waals surface area contributed by atoms with Crippen LogP contribution in [0.3, 0.4) is 0 Å². The molecule has 2 rings (SSSR count). The summed E-state index contributed by atoms with van der Waals surface area (Å²) in [4.78, 5) is 15.8. The van der Waals surface area contributed by atoms with Crippen molar-refractivity contribution in [3.05, 3.63) is 22.9 Å². The molecular formula is C13H18BrN3O. The molecule has 1 aromatic rings. The molecule has 1 fully saturated rings. The number of halogens is 1. The number of nitrogens with one attached hydrogen (secondary N) is 2. The molecule has 0 bridgehead atoms. The lowest BCUT2D eigenvalue weighted by atomic mass is 10.0. The van der Waals surface area contributed by atoms with E-state index in [0.29, 0.717) is 12.5 Å². The largest absolute Gasteiger partial charge is 0.325 e. The molecule has 98 valence electrons. The number of rotatable bonds is 4. The van der Waals surface area contributed by atoms with E-state index in [1.54, 1.807) is 18.5 Å². The van der Waals surface area contributed by atoms with E-state index in [1.165, 1.54) is 19.3 Å². The summed E-state index contributed by atoms with van der Waals surface area (Å²) >= 11 is 3.36. The summed E-state index contributed by atoms with van der Waals surface area (Å²) in [5.41, 5.74) is 0.784. The molecule has 1 unspecified atom stereocenters. The zero-order valence-electron chi connectivity index (χ0n) is 10.3. The second-order valence-corrected chi connectivity index (χ2v) is 5.44. The number of pyridine rings is 1. The SMILES string of the molecule is O=C(CCC1CCCCN1)Nc1ccncc1Br. The Labute approximate surface area is 116 Å². The Morgan fingerprint density at radius 3 is 3.17 bits per heavy atom. The highest BCUT2D eigenvalue weighted by atomic mass is 79.9. The maximum atomic E-state index is 11.8. The van der Waals surface area contributed by atoms with Gasteiger partial charge < -0.3 is 10.6 Å². The van der Waals surface area contributed by atoms with E-state index in [9.17, 15) is 4.79 Å². The van der Waals surface area contributed by atoms with Crippen LogP contribution in [0.2, 0.25) is 0 Å². The van der Waals surface area contributed by atoms with E-state index >= 15 is 0 Å². The van der Waals surface area contributed by atoms with Gasteiger partial charge in [0.05, 0.1) is 10.2 Å². The number of hydrogen-bond acceptors (Lipinski definition) is 3. The minimum absolute atomic E-state index is 0.0641. The molecule has 0 spiro atoms. The normalized spacial score (nSPS) is 19.5. The molecule has 1 atom stereocenters. The van der Waals surface area contributed by atoms with E-state index in [4.69, 9.17) is 0 Å². The number of anilines is 1.